The first-order valence-corrected chi connectivity index (χ1v) is 10.3. The highest BCUT2D eigenvalue weighted by atomic mass is 32.2. The first-order chi connectivity index (χ1) is 12.9. The molecule has 0 spiro atoms. The summed E-state index contributed by atoms with van der Waals surface area (Å²) in [4.78, 5) is 15.2. The van der Waals surface area contributed by atoms with Gasteiger partial charge in [0.25, 0.3) is 11.7 Å². The maximum absolute atomic E-state index is 12.6. The lowest BCUT2D eigenvalue weighted by molar-refractivity contribution is 0.0730. The summed E-state index contributed by atoms with van der Waals surface area (Å²) in [7, 11) is -3.73. The van der Waals surface area contributed by atoms with Crippen LogP contribution in [-0.2, 0) is 14.8 Å². The molecule has 2 heterocycles. The first kappa shape index (κ1) is 19.8. The minimum atomic E-state index is -3.73. The molecule has 27 heavy (non-hydrogen) atoms. The zero-order valence-corrected chi connectivity index (χ0v) is 15.7. The van der Waals surface area contributed by atoms with Crippen LogP contribution in [0.3, 0.4) is 0 Å². The van der Waals surface area contributed by atoms with Crippen molar-refractivity contribution in [1.29, 1.82) is 0 Å². The van der Waals surface area contributed by atoms with E-state index in [-0.39, 0.29) is 34.3 Å². The molecule has 7 nitrogen and oxygen atoms in total. The molecule has 0 bridgehead atoms. The van der Waals surface area contributed by atoms with Crippen molar-refractivity contribution in [2.24, 2.45) is 0 Å². The molecule has 0 saturated carbocycles. The zero-order chi connectivity index (χ0) is 19.4. The standard InChI is InChI=1S/C16H17F2N3O4S2/c17-16(18)26-14-4-2-1-3-12(14)20-15(22)13-9-11(10-19-13)27(23,24)21-5-7-25-8-6-21/h1-4,9-10,16,19H,5-8H2,(H,20,22). The number of alkyl halides is 2. The monoisotopic (exact) mass is 417 g/mol. The van der Waals surface area contributed by atoms with Crippen molar-refractivity contribution in [3.63, 3.8) is 0 Å². The molecule has 1 amide bonds. The summed E-state index contributed by atoms with van der Waals surface area (Å²) in [5, 5.41) is 2.52. The molecular weight excluding hydrogens is 400 g/mol. The lowest BCUT2D eigenvalue weighted by Gasteiger charge is -2.25. The number of amides is 1. The molecular formula is C16H17F2N3O4S2. The van der Waals surface area contributed by atoms with Gasteiger partial charge < -0.3 is 15.0 Å². The van der Waals surface area contributed by atoms with Gasteiger partial charge in [-0.25, -0.2) is 8.42 Å². The lowest BCUT2D eigenvalue weighted by Crippen LogP contribution is -2.40. The number of thioether (sulfide) groups is 1. The van der Waals surface area contributed by atoms with Crippen molar-refractivity contribution in [2.45, 2.75) is 15.5 Å². The molecule has 1 aromatic heterocycles. The highest BCUT2D eigenvalue weighted by Gasteiger charge is 2.28. The second kappa shape index (κ2) is 8.38. The molecule has 0 atom stereocenters. The van der Waals surface area contributed by atoms with E-state index in [4.69, 9.17) is 4.74 Å². The van der Waals surface area contributed by atoms with Gasteiger partial charge >= 0.3 is 0 Å². The van der Waals surface area contributed by atoms with Crippen LogP contribution >= 0.6 is 11.8 Å². The number of hydrogen-bond donors (Lipinski definition) is 2. The van der Waals surface area contributed by atoms with Crippen LogP contribution in [0.2, 0.25) is 0 Å². The maximum Gasteiger partial charge on any atom is 0.288 e. The highest BCUT2D eigenvalue weighted by molar-refractivity contribution is 7.99. The number of nitrogens with zero attached hydrogens (tertiary/aromatic N) is 1. The highest BCUT2D eigenvalue weighted by Crippen LogP contribution is 2.32. The van der Waals surface area contributed by atoms with Crippen LogP contribution in [0.5, 0.6) is 0 Å². The van der Waals surface area contributed by atoms with Gasteiger partial charge in [-0.2, -0.15) is 13.1 Å². The lowest BCUT2D eigenvalue weighted by atomic mass is 10.3. The Balaban J connectivity index is 1.76. The number of ether oxygens (including phenoxy) is 1. The van der Waals surface area contributed by atoms with Crippen LogP contribution in [0.25, 0.3) is 0 Å². The van der Waals surface area contributed by atoms with E-state index in [1.807, 2.05) is 0 Å². The Hall–Kier alpha value is -1.95. The number of sulfonamides is 1. The number of benzene rings is 1. The van der Waals surface area contributed by atoms with Gasteiger partial charge in [-0.15, -0.1) is 0 Å². The summed E-state index contributed by atoms with van der Waals surface area (Å²) in [6, 6.07) is 7.38. The molecule has 2 aromatic rings. The Labute approximate surface area is 159 Å². The van der Waals surface area contributed by atoms with Crippen molar-refractivity contribution < 1.29 is 26.7 Å². The third-order valence-corrected chi connectivity index (χ3v) is 6.52. The summed E-state index contributed by atoms with van der Waals surface area (Å²) in [5.74, 6) is -3.25. The van der Waals surface area contributed by atoms with Gasteiger partial charge in [0, 0.05) is 24.2 Å². The number of aromatic nitrogens is 1. The number of nitrogens with one attached hydrogen (secondary N) is 2. The number of morpholine rings is 1. The SMILES string of the molecule is O=C(Nc1ccccc1SC(F)F)c1cc(S(=O)(=O)N2CCOCC2)c[nH]1. The molecule has 1 aromatic carbocycles. The Morgan fingerprint density at radius 3 is 2.67 bits per heavy atom. The average Bonchev–Trinajstić information content (AvgIpc) is 3.15. The molecule has 0 radical (unpaired) electrons. The van der Waals surface area contributed by atoms with E-state index < -0.39 is 21.7 Å². The van der Waals surface area contributed by atoms with Crippen molar-refractivity contribution >= 4 is 33.4 Å². The van der Waals surface area contributed by atoms with E-state index in [1.165, 1.54) is 28.7 Å². The molecule has 1 fully saturated rings. The molecule has 1 aliphatic heterocycles. The van der Waals surface area contributed by atoms with E-state index in [1.54, 1.807) is 12.1 Å². The van der Waals surface area contributed by atoms with E-state index in [0.29, 0.717) is 25.0 Å². The quantitative estimate of drug-likeness (QED) is 0.705. The fourth-order valence-electron chi connectivity index (χ4n) is 2.55. The van der Waals surface area contributed by atoms with Crippen LogP contribution in [0.15, 0.2) is 46.3 Å². The van der Waals surface area contributed by atoms with Crippen LogP contribution in [0.4, 0.5) is 14.5 Å². The molecule has 11 heteroatoms. The van der Waals surface area contributed by atoms with Crippen molar-refractivity contribution in [3.8, 4) is 0 Å². The van der Waals surface area contributed by atoms with Gasteiger partial charge in [-0.05, 0) is 18.2 Å². The van der Waals surface area contributed by atoms with E-state index in [0.717, 1.165) is 0 Å². The van der Waals surface area contributed by atoms with Gasteiger partial charge in [0.15, 0.2) is 0 Å². The fourth-order valence-corrected chi connectivity index (χ4v) is 4.55. The number of para-hydroxylation sites is 1. The van der Waals surface area contributed by atoms with Crippen LogP contribution in [0, 0.1) is 0 Å². The first-order valence-electron chi connectivity index (χ1n) is 7.99. The minimum absolute atomic E-state index is 0.0127. The maximum atomic E-state index is 12.6. The Morgan fingerprint density at radius 1 is 1.26 bits per heavy atom. The van der Waals surface area contributed by atoms with Crippen LogP contribution < -0.4 is 5.32 Å². The Morgan fingerprint density at radius 2 is 1.96 bits per heavy atom. The Bertz CT molecular complexity index is 912. The molecule has 3 rings (SSSR count). The van der Waals surface area contributed by atoms with Gasteiger partial charge in [0.2, 0.25) is 10.0 Å². The van der Waals surface area contributed by atoms with Crippen molar-refractivity contribution in [3.05, 3.63) is 42.2 Å². The molecule has 0 aliphatic carbocycles. The van der Waals surface area contributed by atoms with Crippen LogP contribution in [-0.4, -0.2) is 55.7 Å². The van der Waals surface area contributed by atoms with E-state index >= 15 is 0 Å². The summed E-state index contributed by atoms with van der Waals surface area (Å²) in [6.07, 6.45) is 1.24. The van der Waals surface area contributed by atoms with E-state index in [2.05, 4.69) is 10.3 Å². The topological polar surface area (TPSA) is 91.5 Å². The largest absolute Gasteiger partial charge is 0.379 e. The number of rotatable bonds is 6. The summed E-state index contributed by atoms with van der Waals surface area (Å²) in [5.41, 5.74) is 0.235. The van der Waals surface area contributed by atoms with Crippen molar-refractivity contribution in [1.82, 2.24) is 9.29 Å². The van der Waals surface area contributed by atoms with E-state index in [9.17, 15) is 22.0 Å². The second-order valence-corrected chi connectivity index (χ2v) is 8.56. The van der Waals surface area contributed by atoms with Crippen molar-refractivity contribution in [2.75, 3.05) is 31.6 Å². The number of H-pyrrole nitrogens is 1. The summed E-state index contributed by atoms with van der Waals surface area (Å²) >= 11 is 0.318. The second-order valence-electron chi connectivity index (χ2n) is 5.59. The number of hydrogen-bond acceptors (Lipinski definition) is 5. The summed E-state index contributed by atoms with van der Waals surface area (Å²) < 4.78 is 56.9. The fraction of sp³-hybridized carbons (Fsp3) is 0.312. The van der Waals surface area contributed by atoms with Gasteiger partial charge in [-0.3, -0.25) is 4.79 Å². The predicted molar refractivity (Wildman–Crippen MR) is 96.6 cm³/mol. The molecule has 1 aliphatic rings. The third-order valence-electron chi connectivity index (χ3n) is 3.86. The van der Waals surface area contributed by atoms with Crippen LogP contribution in [0.1, 0.15) is 10.5 Å². The number of halogens is 2. The Kier molecular flexibility index (Phi) is 6.15. The number of carbonyl (C=O) groups is 1. The number of anilines is 1. The average molecular weight is 417 g/mol. The molecule has 2 N–H and O–H groups in total. The van der Waals surface area contributed by atoms with Gasteiger partial charge in [-0.1, -0.05) is 23.9 Å². The van der Waals surface area contributed by atoms with Gasteiger partial charge in [0.1, 0.15) is 10.6 Å². The van der Waals surface area contributed by atoms with Gasteiger partial charge in [0.05, 0.1) is 18.9 Å². The third kappa shape index (κ3) is 4.67. The number of carbonyl (C=O) groups excluding carboxylic acids is 1. The summed E-state index contributed by atoms with van der Waals surface area (Å²) in [6.45, 7) is 1.12. The smallest absolute Gasteiger partial charge is 0.288 e. The molecule has 0 unspecified atom stereocenters. The minimum Gasteiger partial charge on any atom is -0.379 e. The molecule has 146 valence electrons. The number of aromatic amines is 1. The molecule has 1 saturated heterocycles. The predicted octanol–water partition coefficient (Wildman–Crippen LogP) is 2.60. The zero-order valence-electron chi connectivity index (χ0n) is 14.0. The normalized spacial score (nSPS) is 15.8.